The topological polar surface area (TPSA) is 75.4 Å². The van der Waals surface area contributed by atoms with Gasteiger partial charge >= 0.3 is 5.97 Å². The van der Waals surface area contributed by atoms with Crippen LogP contribution in [0.25, 0.3) is 0 Å². The molecule has 0 spiro atoms. The molecule has 0 aliphatic carbocycles. The summed E-state index contributed by atoms with van der Waals surface area (Å²) >= 11 is 11.9. The molecule has 0 radical (unpaired) electrons. The average molecular weight is 261 g/mol. The first kappa shape index (κ1) is 11.5. The minimum Gasteiger partial charge on any atom is -0.480 e. The second kappa shape index (κ2) is 4.13. The fraction of sp³-hybridized carbons (Fsp3) is 0.300. The van der Waals surface area contributed by atoms with Crippen LogP contribution in [0.5, 0.6) is 0 Å². The summed E-state index contributed by atoms with van der Waals surface area (Å²) in [5.41, 5.74) is 7.22. The summed E-state index contributed by atoms with van der Waals surface area (Å²) in [7, 11) is 0. The van der Waals surface area contributed by atoms with E-state index in [2.05, 4.69) is 5.32 Å². The molecule has 0 aromatic heterocycles. The summed E-state index contributed by atoms with van der Waals surface area (Å²) in [5.74, 6) is -0.933. The highest BCUT2D eigenvalue weighted by Gasteiger charge is 2.30. The molecule has 0 fully saturated rings. The predicted octanol–water partition coefficient (Wildman–Crippen LogP) is 2.26. The summed E-state index contributed by atoms with van der Waals surface area (Å²) in [6, 6.07) is 2.15. The van der Waals surface area contributed by atoms with Gasteiger partial charge in [0.2, 0.25) is 0 Å². The molecular weight excluding hydrogens is 251 g/mol. The Labute approximate surface area is 102 Å². The van der Waals surface area contributed by atoms with Gasteiger partial charge < -0.3 is 16.2 Å². The van der Waals surface area contributed by atoms with Crippen molar-refractivity contribution in [3.63, 3.8) is 0 Å². The van der Waals surface area contributed by atoms with Crippen molar-refractivity contribution in [3.8, 4) is 0 Å². The molecule has 0 saturated carbocycles. The van der Waals surface area contributed by atoms with Crippen LogP contribution in [0.4, 0.5) is 5.69 Å². The van der Waals surface area contributed by atoms with E-state index in [1.807, 2.05) is 0 Å². The molecule has 2 rings (SSSR count). The van der Waals surface area contributed by atoms with Crippen molar-refractivity contribution in [1.29, 1.82) is 0 Å². The van der Waals surface area contributed by atoms with E-state index in [1.54, 1.807) is 12.1 Å². The number of anilines is 1. The molecular formula is C10H10Cl2N2O2. The molecule has 1 aromatic rings. The van der Waals surface area contributed by atoms with Crippen molar-refractivity contribution < 1.29 is 9.90 Å². The van der Waals surface area contributed by atoms with E-state index in [0.717, 1.165) is 5.56 Å². The molecule has 0 saturated heterocycles. The Hall–Kier alpha value is -0.970. The molecule has 1 aliphatic rings. The Morgan fingerprint density at radius 1 is 1.50 bits per heavy atom. The molecule has 2 atom stereocenters. The van der Waals surface area contributed by atoms with Crippen LogP contribution in [-0.2, 0) is 4.79 Å². The number of nitrogens with two attached hydrogens (primary N) is 1. The van der Waals surface area contributed by atoms with Crippen LogP contribution < -0.4 is 11.1 Å². The van der Waals surface area contributed by atoms with Crippen LogP contribution in [0.2, 0.25) is 10.0 Å². The molecule has 4 N–H and O–H groups in total. The number of aliphatic carboxylic acids is 1. The van der Waals surface area contributed by atoms with Gasteiger partial charge in [0, 0.05) is 27.3 Å². The van der Waals surface area contributed by atoms with Gasteiger partial charge in [-0.2, -0.15) is 0 Å². The molecule has 1 aliphatic heterocycles. The summed E-state index contributed by atoms with van der Waals surface area (Å²) in [5, 5.41) is 12.7. The number of carboxylic acids is 1. The number of hydrogen-bond acceptors (Lipinski definition) is 3. The third-order valence-corrected chi connectivity index (χ3v) is 3.11. The summed E-state index contributed by atoms with van der Waals surface area (Å²) in [4.78, 5) is 10.9. The van der Waals surface area contributed by atoms with Gasteiger partial charge in [-0.25, -0.2) is 4.79 Å². The van der Waals surface area contributed by atoms with Crippen molar-refractivity contribution in [2.24, 2.45) is 5.73 Å². The van der Waals surface area contributed by atoms with Gasteiger partial charge in [0.05, 0.1) is 0 Å². The molecule has 0 bridgehead atoms. The van der Waals surface area contributed by atoms with Crippen molar-refractivity contribution in [1.82, 2.24) is 0 Å². The lowest BCUT2D eigenvalue weighted by Gasteiger charge is -2.29. The number of rotatable bonds is 1. The zero-order valence-corrected chi connectivity index (χ0v) is 9.72. The maximum Gasteiger partial charge on any atom is 0.326 e. The van der Waals surface area contributed by atoms with Crippen molar-refractivity contribution in [2.45, 2.75) is 18.5 Å². The monoisotopic (exact) mass is 260 g/mol. The SMILES string of the molecule is N[C@@H]1C[C@@H](C(=O)O)Nc2cc(Cl)cc(Cl)c21. The second-order valence-electron chi connectivity index (χ2n) is 3.73. The van der Waals surface area contributed by atoms with Gasteiger partial charge in [-0.3, -0.25) is 0 Å². The van der Waals surface area contributed by atoms with Crippen LogP contribution in [-0.4, -0.2) is 17.1 Å². The van der Waals surface area contributed by atoms with Crippen LogP contribution in [0, 0.1) is 0 Å². The Kier molecular flexibility index (Phi) is 2.97. The van der Waals surface area contributed by atoms with Gasteiger partial charge in [0.15, 0.2) is 0 Å². The molecule has 0 amide bonds. The van der Waals surface area contributed by atoms with E-state index in [1.165, 1.54) is 0 Å². The second-order valence-corrected chi connectivity index (χ2v) is 4.57. The Morgan fingerprint density at radius 2 is 2.19 bits per heavy atom. The fourth-order valence-corrected chi connectivity index (χ4v) is 2.50. The van der Waals surface area contributed by atoms with Gasteiger partial charge in [0.1, 0.15) is 6.04 Å². The minimum atomic E-state index is -0.933. The Morgan fingerprint density at radius 3 is 2.81 bits per heavy atom. The maximum atomic E-state index is 10.9. The summed E-state index contributed by atoms with van der Waals surface area (Å²) in [6.45, 7) is 0. The highest BCUT2D eigenvalue weighted by atomic mass is 35.5. The van der Waals surface area contributed by atoms with E-state index in [4.69, 9.17) is 34.0 Å². The smallest absolute Gasteiger partial charge is 0.326 e. The van der Waals surface area contributed by atoms with E-state index >= 15 is 0 Å². The number of fused-ring (bicyclic) bond motifs is 1. The molecule has 86 valence electrons. The van der Waals surface area contributed by atoms with Crippen molar-refractivity contribution in [3.05, 3.63) is 27.7 Å². The zero-order chi connectivity index (χ0) is 11.9. The Balaban J connectivity index is 2.46. The molecule has 1 heterocycles. The van der Waals surface area contributed by atoms with Gasteiger partial charge in [-0.1, -0.05) is 23.2 Å². The van der Waals surface area contributed by atoms with E-state index in [-0.39, 0.29) is 6.04 Å². The molecule has 6 heteroatoms. The third kappa shape index (κ3) is 1.96. The standard InChI is InChI=1S/C10H10Cl2N2O2/c11-4-1-5(12)9-6(13)3-8(10(15)16)14-7(9)2-4/h1-2,6,8,14H,3,13H2,(H,15,16)/t6-,8+/m1/s1. The van der Waals surface area contributed by atoms with Gasteiger partial charge in [-0.15, -0.1) is 0 Å². The van der Waals surface area contributed by atoms with Gasteiger partial charge in [0.25, 0.3) is 0 Å². The average Bonchev–Trinajstić information content (AvgIpc) is 2.15. The number of carboxylic acid groups (broad SMARTS) is 1. The molecule has 4 nitrogen and oxygen atoms in total. The van der Waals surface area contributed by atoms with E-state index in [9.17, 15) is 4.79 Å². The molecule has 1 aromatic carbocycles. The Bertz CT molecular complexity index is 451. The number of nitrogens with one attached hydrogen (secondary N) is 1. The lowest BCUT2D eigenvalue weighted by atomic mass is 9.93. The third-order valence-electron chi connectivity index (χ3n) is 2.58. The largest absolute Gasteiger partial charge is 0.480 e. The van der Waals surface area contributed by atoms with Crippen LogP contribution >= 0.6 is 23.2 Å². The highest BCUT2D eigenvalue weighted by molar-refractivity contribution is 6.35. The first-order valence-electron chi connectivity index (χ1n) is 4.73. The van der Waals surface area contributed by atoms with Crippen LogP contribution in [0.3, 0.4) is 0 Å². The number of hydrogen-bond donors (Lipinski definition) is 3. The first-order chi connectivity index (χ1) is 7.49. The number of halogens is 2. The highest BCUT2D eigenvalue weighted by Crippen LogP contribution is 2.38. The summed E-state index contributed by atoms with van der Waals surface area (Å²) in [6.07, 6.45) is 0.309. The fourth-order valence-electron chi connectivity index (χ4n) is 1.86. The maximum absolute atomic E-state index is 10.9. The van der Waals surface area contributed by atoms with E-state index < -0.39 is 12.0 Å². The number of carbonyl (C=O) groups is 1. The molecule has 16 heavy (non-hydrogen) atoms. The predicted molar refractivity (Wildman–Crippen MR) is 63.1 cm³/mol. The zero-order valence-electron chi connectivity index (χ0n) is 8.21. The normalized spacial score (nSPS) is 23.4. The minimum absolute atomic E-state index is 0.309. The molecule has 0 unspecified atom stereocenters. The number of benzene rings is 1. The lowest BCUT2D eigenvalue weighted by Crippen LogP contribution is -2.37. The van der Waals surface area contributed by atoms with Crippen LogP contribution in [0.15, 0.2) is 12.1 Å². The van der Waals surface area contributed by atoms with E-state index in [0.29, 0.717) is 22.2 Å². The lowest BCUT2D eigenvalue weighted by molar-refractivity contribution is -0.138. The van der Waals surface area contributed by atoms with Crippen molar-refractivity contribution in [2.75, 3.05) is 5.32 Å². The van der Waals surface area contributed by atoms with Crippen LogP contribution in [0.1, 0.15) is 18.0 Å². The van der Waals surface area contributed by atoms with Crippen molar-refractivity contribution >= 4 is 34.9 Å². The summed E-state index contributed by atoms with van der Waals surface area (Å²) < 4.78 is 0. The first-order valence-corrected chi connectivity index (χ1v) is 5.48. The van der Waals surface area contributed by atoms with Gasteiger partial charge in [-0.05, 0) is 18.6 Å². The quantitative estimate of drug-likeness (QED) is 0.724.